The van der Waals surface area contributed by atoms with E-state index in [0.29, 0.717) is 27.7 Å². The van der Waals surface area contributed by atoms with Gasteiger partial charge in [0, 0.05) is 17.2 Å². The minimum atomic E-state index is 0.328. The fourth-order valence-electron chi connectivity index (χ4n) is 2.46. The molecule has 0 unspecified atom stereocenters. The number of halogens is 1. The lowest BCUT2D eigenvalue weighted by atomic mass is 10.2. The van der Waals surface area contributed by atoms with Gasteiger partial charge in [-0.3, -0.25) is 0 Å². The lowest BCUT2D eigenvalue weighted by Gasteiger charge is -2.06. The van der Waals surface area contributed by atoms with Gasteiger partial charge < -0.3 is 0 Å². The minimum Gasteiger partial charge on any atom is -0.240 e. The zero-order chi connectivity index (χ0) is 16.7. The van der Waals surface area contributed by atoms with E-state index in [0.717, 1.165) is 16.8 Å². The molecule has 0 amide bonds. The van der Waals surface area contributed by atoms with Crippen molar-refractivity contribution in [3.05, 3.63) is 65.8 Å². The van der Waals surface area contributed by atoms with Crippen molar-refractivity contribution in [3.8, 4) is 11.3 Å². The molecule has 6 heteroatoms. The van der Waals surface area contributed by atoms with E-state index < -0.39 is 0 Å². The SMILES string of the molecule is C=C=C(C)c1cc2ncc3nc(-c4ccccc4)c(Cl)nc3n2n1. The second kappa shape index (κ2) is 5.57. The van der Waals surface area contributed by atoms with E-state index in [1.807, 2.05) is 43.3 Å². The van der Waals surface area contributed by atoms with Crippen LogP contribution in [0.5, 0.6) is 0 Å². The minimum absolute atomic E-state index is 0.328. The van der Waals surface area contributed by atoms with E-state index in [1.54, 1.807) is 10.7 Å². The first-order valence-electron chi connectivity index (χ1n) is 7.32. The summed E-state index contributed by atoms with van der Waals surface area (Å²) >= 11 is 6.37. The molecule has 0 aliphatic heterocycles. The van der Waals surface area contributed by atoms with Crippen LogP contribution in [0.1, 0.15) is 12.6 Å². The lowest BCUT2D eigenvalue weighted by Crippen LogP contribution is -2.00. The number of allylic oxidation sites excluding steroid dienone is 1. The van der Waals surface area contributed by atoms with Crippen LogP contribution >= 0.6 is 11.6 Å². The highest BCUT2D eigenvalue weighted by Gasteiger charge is 2.14. The molecule has 0 saturated heterocycles. The van der Waals surface area contributed by atoms with Crippen molar-refractivity contribution >= 4 is 34.0 Å². The normalized spacial score (nSPS) is 10.9. The molecule has 0 aliphatic carbocycles. The summed E-state index contributed by atoms with van der Waals surface area (Å²) in [6, 6.07) is 11.5. The standard InChI is InChI=1S/C18H12ClN5/c1-3-11(2)13-9-15-20-10-14-18(24(15)23-13)22-17(19)16(21-14)12-7-5-4-6-8-12/h4-10H,1H2,2H3. The van der Waals surface area contributed by atoms with Crippen LogP contribution in [0.25, 0.3) is 33.6 Å². The Morgan fingerprint density at radius 1 is 1.21 bits per heavy atom. The number of fused-ring (bicyclic) bond motifs is 3. The Hall–Kier alpha value is -3.01. The molecule has 24 heavy (non-hydrogen) atoms. The maximum Gasteiger partial charge on any atom is 0.184 e. The maximum atomic E-state index is 6.37. The first-order chi connectivity index (χ1) is 11.7. The lowest BCUT2D eigenvalue weighted by molar-refractivity contribution is 0.948. The maximum absolute atomic E-state index is 6.37. The van der Waals surface area contributed by atoms with Crippen LogP contribution in [0.15, 0.2) is 54.9 Å². The van der Waals surface area contributed by atoms with E-state index >= 15 is 0 Å². The molecule has 4 aromatic rings. The number of rotatable bonds is 2. The second-order valence-corrected chi connectivity index (χ2v) is 5.66. The van der Waals surface area contributed by atoms with E-state index in [1.165, 1.54) is 0 Å². The fourth-order valence-corrected chi connectivity index (χ4v) is 2.69. The summed E-state index contributed by atoms with van der Waals surface area (Å²) in [4.78, 5) is 13.5. The largest absolute Gasteiger partial charge is 0.240 e. The van der Waals surface area contributed by atoms with Gasteiger partial charge in [-0.05, 0) is 6.92 Å². The second-order valence-electron chi connectivity index (χ2n) is 5.30. The van der Waals surface area contributed by atoms with Gasteiger partial charge >= 0.3 is 0 Å². The number of aromatic nitrogens is 5. The topological polar surface area (TPSA) is 56.0 Å². The summed E-state index contributed by atoms with van der Waals surface area (Å²) in [5.41, 5.74) is 7.81. The number of hydrogen-bond donors (Lipinski definition) is 0. The van der Waals surface area contributed by atoms with Gasteiger partial charge in [0.05, 0.1) is 11.9 Å². The van der Waals surface area contributed by atoms with Crippen molar-refractivity contribution in [2.24, 2.45) is 0 Å². The molecule has 3 heterocycles. The summed E-state index contributed by atoms with van der Waals surface area (Å²) in [7, 11) is 0. The molecule has 0 fully saturated rings. The molecule has 0 radical (unpaired) electrons. The summed E-state index contributed by atoms with van der Waals surface area (Å²) in [5.74, 6) is 0. The molecular weight excluding hydrogens is 322 g/mol. The first kappa shape index (κ1) is 14.6. The van der Waals surface area contributed by atoms with Gasteiger partial charge in [-0.25, -0.2) is 15.0 Å². The Kier molecular flexibility index (Phi) is 3.38. The quantitative estimate of drug-likeness (QED) is 0.516. The van der Waals surface area contributed by atoms with Crippen LogP contribution in [0, 0.1) is 0 Å². The summed E-state index contributed by atoms with van der Waals surface area (Å²) in [6.45, 7) is 5.54. The summed E-state index contributed by atoms with van der Waals surface area (Å²) < 4.78 is 1.64. The highest BCUT2D eigenvalue weighted by molar-refractivity contribution is 6.32. The van der Waals surface area contributed by atoms with Crippen LogP contribution in [0.2, 0.25) is 5.15 Å². The van der Waals surface area contributed by atoms with Gasteiger partial charge in [-0.2, -0.15) is 9.61 Å². The van der Waals surface area contributed by atoms with E-state index in [4.69, 9.17) is 11.6 Å². The zero-order valence-corrected chi connectivity index (χ0v) is 13.6. The van der Waals surface area contributed by atoms with Crippen LogP contribution in [-0.4, -0.2) is 24.6 Å². The molecule has 0 N–H and O–H groups in total. The van der Waals surface area contributed by atoms with Crippen LogP contribution in [-0.2, 0) is 0 Å². The molecule has 116 valence electrons. The molecular formula is C18H12ClN5. The van der Waals surface area contributed by atoms with Crippen LogP contribution in [0.3, 0.4) is 0 Å². The van der Waals surface area contributed by atoms with E-state index in [-0.39, 0.29) is 0 Å². The highest BCUT2D eigenvalue weighted by atomic mass is 35.5. The Morgan fingerprint density at radius 2 is 2.00 bits per heavy atom. The van der Waals surface area contributed by atoms with Gasteiger partial charge in [-0.15, -0.1) is 5.73 Å². The van der Waals surface area contributed by atoms with Gasteiger partial charge in [0.1, 0.15) is 11.2 Å². The van der Waals surface area contributed by atoms with Gasteiger partial charge in [0.25, 0.3) is 0 Å². The predicted octanol–water partition coefficient (Wildman–Crippen LogP) is 4.18. The third-order valence-electron chi connectivity index (χ3n) is 3.77. The van der Waals surface area contributed by atoms with Crippen LogP contribution in [0.4, 0.5) is 0 Å². The third-order valence-corrected chi connectivity index (χ3v) is 4.03. The Labute approximate surface area is 143 Å². The molecule has 0 spiro atoms. The van der Waals surface area contributed by atoms with Crippen molar-refractivity contribution in [2.45, 2.75) is 6.92 Å². The predicted molar refractivity (Wildman–Crippen MR) is 94.8 cm³/mol. The average molecular weight is 334 g/mol. The first-order valence-corrected chi connectivity index (χ1v) is 7.69. The van der Waals surface area contributed by atoms with E-state index in [9.17, 15) is 0 Å². The van der Waals surface area contributed by atoms with Crippen molar-refractivity contribution in [1.82, 2.24) is 24.6 Å². The van der Waals surface area contributed by atoms with Crippen molar-refractivity contribution in [3.63, 3.8) is 0 Å². The monoisotopic (exact) mass is 333 g/mol. The van der Waals surface area contributed by atoms with Crippen molar-refractivity contribution < 1.29 is 0 Å². The molecule has 3 aromatic heterocycles. The van der Waals surface area contributed by atoms with Gasteiger partial charge in [0.2, 0.25) is 0 Å². The average Bonchev–Trinajstić information content (AvgIpc) is 3.06. The zero-order valence-electron chi connectivity index (χ0n) is 12.9. The number of benzene rings is 1. The molecule has 0 bridgehead atoms. The highest BCUT2D eigenvalue weighted by Crippen LogP contribution is 2.26. The Bertz CT molecular complexity index is 1120. The molecule has 0 saturated carbocycles. The van der Waals surface area contributed by atoms with Gasteiger partial charge in [-0.1, -0.05) is 48.5 Å². The molecule has 0 aliphatic rings. The smallest absolute Gasteiger partial charge is 0.184 e. The summed E-state index contributed by atoms with van der Waals surface area (Å²) in [6.07, 6.45) is 1.68. The number of hydrogen-bond acceptors (Lipinski definition) is 4. The van der Waals surface area contributed by atoms with Crippen molar-refractivity contribution in [1.29, 1.82) is 0 Å². The van der Waals surface area contributed by atoms with E-state index in [2.05, 4.69) is 32.4 Å². The molecule has 1 aromatic carbocycles. The Morgan fingerprint density at radius 3 is 2.75 bits per heavy atom. The number of nitrogens with zero attached hydrogens (tertiary/aromatic N) is 5. The molecule has 4 rings (SSSR count). The van der Waals surface area contributed by atoms with Gasteiger partial charge in [0.15, 0.2) is 16.4 Å². The molecule has 0 atom stereocenters. The van der Waals surface area contributed by atoms with Crippen LogP contribution < -0.4 is 0 Å². The summed E-state index contributed by atoms with van der Waals surface area (Å²) in [5, 5.41) is 4.84. The Balaban J connectivity index is 1.99. The molecule has 5 nitrogen and oxygen atoms in total. The van der Waals surface area contributed by atoms with Crippen molar-refractivity contribution in [2.75, 3.05) is 0 Å². The third kappa shape index (κ3) is 2.27. The fraction of sp³-hybridized carbons (Fsp3) is 0.0556.